The lowest BCUT2D eigenvalue weighted by Gasteiger charge is -2.36. The van der Waals surface area contributed by atoms with Crippen molar-refractivity contribution in [3.05, 3.63) is 65.4 Å². The predicted octanol–water partition coefficient (Wildman–Crippen LogP) is 6.43. The minimum Gasteiger partial charge on any atom is -0.475 e. The average molecular weight is 636 g/mol. The third kappa shape index (κ3) is 7.35. The summed E-state index contributed by atoms with van der Waals surface area (Å²) < 4.78 is 24.6. The SMILES string of the molecule is Cc1ccccc1[C@@H]1CCN(C(=O)C2CCC([C@@H](CF)NC(=O)OC(C)(C)C)CC2)[C@@H]1C(=O)Nc1ccc2oc(C(=O)O)cc2c1. The van der Waals surface area contributed by atoms with Gasteiger partial charge in [-0.15, -0.1) is 0 Å². The largest absolute Gasteiger partial charge is 0.475 e. The Kier molecular flexibility index (Phi) is 9.69. The first kappa shape index (κ1) is 33.0. The van der Waals surface area contributed by atoms with Gasteiger partial charge in [-0.3, -0.25) is 9.59 Å². The number of amides is 3. The molecule has 2 aliphatic rings. The van der Waals surface area contributed by atoms with Crippen molar-refractivity contribution in [3.8, 4) is 0 Å². The van der Waals surface area contributed by atoms with Crippen molar-refractivity contribution in [2.75, 3.05) is 18.5 Å². The van der Waals surface area contributed by atoms with E-state index in [9.17, 15) is 28.7 Å². The molecule has 3 N–H and O–H groups in total. The molecule has 3 amide bonds. The van der Waals surface area contributed by atoms with E-state index < -0.39 is 36.4 Å². The lowest BCUT2D eigenvalue weighted by molar-refractivity contribution is -0.141. The van der Waals surface area contributed by atoms with Crippen LogP contribution in [0.15, 0.2) is 52.9 Å². The number of carbonyl (C=O) groups excluding carboxylic acids is 3. The number of ether oxygens (including phenoxy) is 1. The van der Waals surface area contributed by atoms with Crippen LogP contribution >= 0.6 is 0 Å². The van der Waals surface area contributed by atoms with Gasteiger partial charge in [-0.05, 0) is 101 Å². The number of anilines is 1. The fourth-order valence-corrected chi connectivity index (χ4v) is 6.88. The summed E-state index contributed by atoms with van der Waals surface area (Å²) in [6.45, 7) is 6.94. The number of carboxylic acids is 1. The number of alkyl carbamates (subject to hydrolysis) is 1. The Morgan fingerprint density at radius 1 is 1.04 bits per heavy atom. The van der Waals surface area contributed by atoms with E-state index in [2.05, 4.69) is 10.6 Å². The van der Waals surface area contributed by atoms with Crippen LogP contribution in [0.1, 0.15) is 80.5 Å². The number of nitrogens with one attached hydrogen (secondary N) is 2. The van der Waals surface area contributed by atoms with E-state index >= 15 is 0 Å². The van der Waals surface area contributed by atoms with Crippen molar-refractivity contribution in [1.82, 2.24) is 10.2 Å². The van der Waals surface area contributed by atoms with Gasteiger partial charge >= 0.3 is 12.1 Å². The third-order valence-electron chi connectivity index (χ3n) is 9.09. The second kappa shape index (κ2) is 13.5. The first-order valence-corrected chi connectivity index (χ1v) is 15.8. The number of carbonyl (C=O) groups is 4. The van der Waals surface area contributed by atoms with E-state index in [-0.39, 0.29) is 35.3 Å². The minimum atomic E-state index is -1.18. The van der Waals surface area contributed by atoms with Crippen LogP contribution in [0.4, 0.5) is 14.9 Å². The molecule has 1 aliphatic carbocycles. The number of aromatic carboxylic acids is 1. The number of furan rings is 1. The molecule has 46 heavy (non-hydrogen) atoms. The lowest BCUT2D eigenvalue weighted by Crippen LogP contribution is -2.49. The molecule has 5 rings (SSSR count). The highest BCUT2D eigenvalue weighted by atomic mass is 19.1. The molecule has 1 saturated carbocycles. The van der Waals surface area contributed by atoms with E-state index in [4.69, 9.17) is 9.15 Å². The number of benzene rings is 2. The molecule has 2 fully saturated rings. The van der Waals surface area contributed by atoms with E-state index in [0.717, 1.165) is 11.1 Å². The number of alkyl halides is 1. The van der Waals surface area contributed by atoms with Crippen LogP contribution in [0.25, 0.3) is 11.0 Å². The van der Waals surface area contributed by atoms with Crippen molar-refractivity contribution in [3.63, 3.8) is 0 Å². The highest BCUT2D eigenvalue weighted by molar-refractivity contribution is 6.00. The highest BCUT2D eigenvalue weighted by Gasteiger charge is 2.45. The van der Waals surface area contributed by atoms with Crippen LogP contribution in [-0.4, -0.2) is 64.8 Å². The molecule has 10 nitrogen and oxygen atoms in total. The smallest absolute Gasteiger partial charge is 0.407 e. The number of fused-ring (bicyclic) bond motifs is 1. The van der Waals surface area contributed by atoms with Crippen LogP contribution < -0.4 is 10.6 Å². The molecule has 2 heterocycles. The zero-order chi connectivity index (χ0) is 33.2. The zero-order valence-electron chi connectivity index (χ0n) is 26.7. The summed E-state index contributed by atoms with van der Waals surface area (Å²) in [5.41, 5.74) is 2.21. The van der Waals surface area contributed by atoms with Crippen LogP contribution in [0.2, 0.25) is 0 Å². The summed E-state index contributed by atoms with van der Waals surface area (Å²) in [4.78, 5) is 53.4. The number of carboxylic acid groups (broad SMARTS) is 1. The number of likely N-dealkylation sites (tertiary alicyclic amines) is 1. The van der Waals surface area contributed by atoms with Gasteiger partial charge in [-0.1, -0.05) is 24.3 Å². The fraction of sp³-hybridized carbons (Fsp3) is 0.486. The summed E-state index contributed by atoms with van der Waals surface area (Å²) in [7, 11) is 0. The first-order chi connectivity index (χ1) is 21.8. The molecule has 0 unspecified atom stereocenters. The second-order valence-electron chi connectivity index (χ2n) is 13.4. The zero-order valence-corrected chi connectivity index (χ0v) is 26.7. The molecule has 0 spiro atoms. The summed E-state index contributed by atoms with van der Waals surface area (Å²) >= 11 is 0. The molecule has 1 aromatic heterocycles. The molecular weight excluding hydrogens is 593 g/mol. The van der Waals surface area contributed by atoms with Crippen LogP contribution in [0.3, 0.4) is 0 Å². The maximum absolute atomic E-state index is 14.1. The lowest BCUT2D eigenvalue weighted by atomic mass is 9.78. The topological polar surface area (TPSA) is 138 Å². The van der Waals surface area contributed by atoms with Crippen molar-refractivity contribution >= 4 is 40.5 Å². The van der Waals surface area contributed by atoms with Crippen molar-refractivity contribution in [2.24, 2.45) is 11.8 Å². The maximum Gasteiger partial charge on any atom is 0.407 e. The van der Waals surface area contributed by atoms with E-state index in [0.29, 0.717) is 55.3 Å². The standard InChI is InChI=1S/C35H42FN3O7/c1-20-7-5-6-8-25(20)26-15-16-39(30(26)31(40)37-24-13-14-28-23(17-24)18-29(45-28)33(42)43)32(41)22-11-9-21(10-12-22)27(19-36)38-34(44)46-35(2,3)4/h5-8,13-14,17-18,21-22,26-27,30H,9-12,15-16,19H2,1-4H3,(H,37,40)(H,38,44)(H,42,43)/t21?,22?,26-,27+,30-/m0/s1. The molecule has 3 atom stereocenters. The summed E-state index contributed by atoms with van der Waals surface area (Å²) in [5.74, 6) is -2.46. The summed E-state index contributed by atoms with van der Waals surface area (Å²) in [5, 5.41) is 15.5. The molecular formula is C35H42FN3O7. The van der Waals surface area contributed by atoms with Gasteiger partial charge in [0, 0.05) is 29.5 Å². The van der Waals surface area contributed by atoms with Gasteiger partial charge in [-0.2, -0.15) is 0 Å². The van der Waals surface area contributed by atoms with Gasteiger partial charge in [0.2, 0.25) is 17.6 Å². The van der Waals surface area contributed by atoms with E-state index in [1.807, 2.05) is 31.2 Å². The number of hydrogen-bond donors (Lipinski definition) is 3. The Hall–Kier alpha value is -4.41. The minimum absolute atomic E-state index is 0.0945. The van der Waals surface area contributed by atoms with Gasteiger partial charge in [0.25, 0.3) is 0 Å². The molecule has 3 aromatic rings. The van der Waals surface area contributed by atoms with Crippen molar-refractivity contribution in [2.45, 2.75) is 83.4 Å². The Balaban J connectivity index is 1.31. The van der Waals surface area contributed by atoms with E-state index in [1.54, 1.807) is 43.9 Å². The van der Waals surface area contributed by atoms with Crippen LogP contribution in [0.5, 0.6) is 0 Å². The molecule has 1 saturated heterocycles. The highest BCUT2D eigenvalue weighted by Crippen LogP contribution is 2.39. The number of aryl methyl sites for hydroxylation is 1. The Morgan fingerprint density at radius 2 is 1.76 bits per heavy atom. The number of halogens is 1. The van der Waals surface area contributed by atoms with Gasteiger partial charge in [0.05, 0.1) is 6.04 Å². The molecule has 11 heteroatoms. The molecule has 0 bridgehead atoms. The normalized spacial score (nSPS) is 22.3. The number of rotatable bonds is 8. The number of hydrogen-bond acceptors (Lipinski definition) is 6. The molecule has 1 aliphatic heterocycles. The summed E-state index contributed by atoms with van der Waals surface area (Å²) in [6, 6.07) is 12.7. The monoisotopic (exact) mass is 635 g/mol. The maximum atomic E-state index is 14.1. The molecule has 0 radical (unpaired) electrons. The van der Waals surface area contributed by atoms with Gasteiger partial charge in [0.1, 0.15) is 23.9 Å². The Morgan fingerprint density at radius 3 is 2.41 bits per heavy atom. The number of nitrogens with zero attached hydrogens (tertiary/aromatic N) is 1. The van der Waals surface area contributed by atoms with Crippen molar-refractivity contribution in [1.29, 1.82) is 0 Å². The third-order valence-corrected chi connectivity index (χ3v) is 9.09. The first-order valence-electron chi connectivity index (χ1n) is 15.8. The molecule has 246 valence electrons. The van der Waals surface area contributed by atoms with Crippen LogP contribution in [0, 0.1) is 18.8 Å². The van der Waals surface area contributed by atoms with Gasteiger partial charge < -0.3 is 29.8 Å². The van der Waals surface area contributed by atoms with Gasteiger partial charge in [0.15, 0.2) is 0 Å². The fourth-order valence-electron chi connectivity index (χ4n) is 6.88. The average Bonchev–Trinajstić information content (AvgIpc) is 3.64. The molecule has 2 aromatic carbocycles. The summed E-state index contributed by atoms with van der Waals surface area (Å²) in [6.07, 6.45) is 2.15. The Labute approximate surface area is 267 Å². The predicted molar refractivity (Wildman–Crippen MR) is 170 cm³/mol. The van der Waals surface area contributed by atoms with Crippen molar-refractivity contribution < 1.29 is 37.8 Å². The van der Waals surface area contributed by atoms with Gasteiger partial charge in [-0.25, -0.2) is 14.0 Å². The Bertz CT molecular complexity index is 1600. The van der Waals surface area contributed by atoms with E-state index in [1.165, 1.54) is 6.07 Å². The second-order valence-corrected chi connectivity index (χ2v) is 13.4. The quantitative estimate of drug-likeness (QED) is 0.259. The van der Waals surface area contributed by atoms with Crippen LogP contribution in [-0.2, 0) is 14.3 Å².